The van der Waals surface area contributed by atoms with Gasteiger partial charge in [0, 0.05) is 5.41 Å². The Labute approximate surface area is 214 Å². The molecule has 0 saturated heterocycles. The van der Waals surface area contributed by atoms with Crippen LogP contribution in [0.1, 0.15) is 40.0 Å². The molecule has 0 aliphatic heterocycles. The molecule has 12 heteroatoms. The van der Waals surface area contributed by atoms with Crippen LogP contribution in [0.4, 0.5) is 0 Å². The van der Waals surface area contributed by atoms with Gasteiger partial charge in [0.05, 0.1) is 85.4 Å². The maximum Gasteiger partial charge on any atom is 0.114 e. The van der Waals surface area contributed by atoms with E-state index in [1.165, 1.54) is 0 Å². The molecule has 0 saturated carbocycles. The van der Waals surface area contributed by atoms with Crippen molar-refractivity contribution in [1.29, 1.82) is 0 Å². The Morgan fingerprint density at radius 1 is 0.528 bits per heavy atom. The van der Waals surface area contributed by atoms with Gasteiger partial charge in [-0.2, -0.15) is 0 Å². The Kier molecular flexibility index (Phi) is 20.2. The summed E-state index contributed by atoms with van der Waals surface area (Å²) in [5, 5.41) is 66.0. The maximum absolute atomic E-state index is 9.84. The zero-order valence-electron chi connectivity index (χ0n) is 22.1. The molecule has 7 N–H and O–H groups in total. The van der Waals surface area contributed by atoms with E-state index >= 15 is 0 Å². The van der Waals surface area contributed by atoms with Crippen LogP contribution in [-0.2, 0) is 23.7 Å². The molecule has 6 unspecified atom stereocenters. The number of rotatable bonds is 25. The smallest absolute Gasteiger partial charge is 0.114 e. The molecule has 0 spiro atoms. The summed E-state index contributed by atoms with van der Waals surface area (Å²) < 4.78 is 28.9. The minimum Gasteiger partial charge on any atom is -0.394 e. The van der Waals surface area contributed by atoms with E-state index in [-0.39, 0.29) is 59.5 Å². The van der Waals surface area contributed by atoms with E-state index < -0.39 is 55.3 Å². The zero-order valence-corrected chi connectivity index (χ0v) is 22.1. The van der Waals surface area contributed by atoms with Crippen molar-refractivity contribution < 1.29 is 59.4 Å². The predicted octanol–water partition coefficient (Wildman–Crippen LogP) is -1.55. The molecule has 0 radical (unpaired) electrons. The fourth-order valence-electron chi connectivity index (χ4n) is 3.07. The zero-order chi connectivity index (χ0) is 27.5. The highest BCUT2D eigenvalue weighted by molar-refractivity contribution is 4.83. The molecule has 0 aliphatic rings. The molecule has 0 aromatic heterocycles. The van der Waals surface area contributed by atoms with Crippen molar-refractivity contribution in [3.63, 3.8) is 0 Å². The highest BCUT2D eigenvalue weighted by Gasteiger charge is 2.35. The molecule has 218 valence electrons. The van der Waals surface area contributed by atoms with E-state index in [4.69, 9.17) is 39.0 Å². The lowest BCUT2D eigenvalue weighted by Crippen LogP contribution is -2.47. The number of aliphatic hydroxyl groups excluding tert-OH is 7. The van der Waals surface area contributed by atoms with Crippen LogP contribution in [0.3, 0.4) is 0 Å². The third-order valence-corrected chi connectivity index (χ3v) is 5.97. The summed E-state index contributed by atoms with van der Waals surface area (Å²) in [6.07, 6.45) is -2.16. The average Bonchev–Trinajstić information content (AvgIpc) is 2.90. The van der Waals surface area contributed by atoms with E-state index in [2.05, 4.69) is 0 Å². The van der Waals surface area contributed by atoms with Crippen LogP contribution >= 0.6 is 0 Å². The lowest BCUT2D eigenvalue weighted by Gasteiger charge is -2.37. The minimum atomic E-state index is -1.08. The van der Waals surface area contributed by atoms with Crippen LogP contribution in [0, 0.1) is 5.41 Å². The Balaban J connectivity index is 5.34. The molecule has 0 fully saturated rings. The van der Waals surface area contributed by atoms with E-state index in [1.54, 1.807) is 0 Å². The predicted molar refractivity (Wildman–Crippen MR) is 131 cm³/mol. The Bertz CT molecular complexity index is 495. The molecule has 6 atom stereocenters. The van der Waals surface area contributed by atoms with Gasteiger partial charge in [-0.15, -0.1) is 0 Å². The fourth-order valence-corrected chi connectivity index (χ4v) is 3.07. The quantitative estimate of drug-likeness (QED) is 0.0721. The molecule has 0 amide bonds. The summed E-state index contributed by atoms with van der Waals surface area (Å²) in [6.45, 7) is 4.76. The first kappa shape index (κ1) is 35.5. The van der Waals surface area contributed by atoms with Crippen LogP contribution in [0.25, 0.3) is 0 Å². The Morgan fingerprint density at radius 3 is 1.39 bits per heavy atom. The third kappa shape index (κ3) is 15.1. The normalized spacial score (nSPS) is 18.8. The Morgan fingerprint density at radius 2 is 0.944 bits per heavy atom. The SMILES string of the molecule is CCC(O)COCC(CC)(COCC(O)CO)COCC(CC)(COCC(O)CO)OCC(O)CO. The molecule has 12 nitrogen and oxygen atoms in total. The van der Waals surface area contributed by atoms with Gasteiger partial charge in [0.1, 0.15) is 23.9 Å². The first-order valence-electron chi connectivity index (χ1n) is 12.6. The van der Waals surface area contributed by atoms with Gasteiger partial charge in [-0.05, 0) is 19.3 Å². The van der Waals surface area contributed by atoms with Crippen LogP contribution in [0.15, 0.2) is 0 Å². The first-order chi connectivity index (χ1) is 17.1. The standard InChI is InChI=1S/C24H50O12/c1-4-19(28)10-32-14-23(5-2,15-33-11-20(29)7-25)16-35-18-24(6-3,36-13-22(31)9-27)17-34-12-21(30)8-26/h19-22,25-31H,4-18H2,1-3H3. The average molecular weight is 531 g/mol. The number of aliphatic hydroxyl groups is 7. The molecule has 0 aromatic carbocycles. The molecule has 0 heterocycles. The lowest BCUT2D eigenvalue weighted by molar-refractivity contribution is -0.173. The molecular weight excluding hydrogens is 480 g/mol. The van der Waals surface area contributed by atoms with Crippen LogP contribution in [0.2, 0.25) is 0 Å². The number of ether oxygens (including phenoxy) is 5. The molecule has 0 aliphatic carbocycles. The van der Waals surface area contributed by atoms with Crippen LogP contribution in [0.5, 0.6) is 0 Å². The highest BCUT2D eigenvalue weighted by Crippen LogP contribution is 2.26. The van der Waals surface area contributed by atoms with Gasteiger partial charge >= 0.3 is 0 Å². The van der Waals surface area contributed by atoms with Gasteiger partial charge in [-0.3, -0.25) is 0 Å². The van der Waals surface area contributed by atoms with E-state index in [0.29, 0.717) is 19.3 Å². The lowest BCUT2D eigenvalue weighted by atomic mass is 9.87. The van der Waals surface area contributed by atoms with Gasteiger partial charge in [0.15, 0.2) is 0 Å². The first-order valence-corrected chi connectivity index (χ1v) is 12.6. The molecule has 36 heavy (non-hydrogen) atoms. The van der Waals surface area contributed by atoms with Crippen LogP contribution in [-0.4, -0.2) is 145 Å². The second-order valence-electron chi connectivity index (χ2n) is 9.31. The molecule has 0 bridgehead atoms. The van der Waals surface area contributed by atoms with Gasteiger partial charge in [0.25, 0.3) is 0 Å². The van der Waals surface area contributed by atoms with Gasteiger partial charge in [0.2, 0.25) is 0 Å². The summed E-state index contributed by atoms with van der Waals surface area (Å²) in [4.78, 5) is 0. The highest BCUT2D eigenvalue weighted by atomic mass is 16.6. The van der Waals surface area contributed by atoms with E-state index in [1.807, 2.05) is 20.8 Å². The molecule has 0 aromatic rings. The second-order valence-corrected chi connectivity index (χ2v) is 9.31. The van der Waals surface area contributed by atoms with Crippen LogP contribution < -0.4 is 0 Å². The number of hydrogen-bond donors (Lipinski definition) is 7. The van der Waals surface area contributed by atoms with Crippen molar-refractivity contribution in [3.8, 4) is 0 Å². The van der Waals surface area contributed by atoms with Gasteiger partial charge < -0.3 is 59.4 Å². The van der Waals surface area contributed by atoms with Crippen molar-refractivity contribution in [2.45, 2.75) is 70.1 Å². The molecule has 0 rings (SSSR count). The second kappa shape index (κ2) is 20.5. The summed E-state index contributed by atoms with van der Waals surface area (Å²) in [6, 6.07) is 0. The van der Waals surface area contributed by atoms with Gasteiger partial charge in [-0.1, -0.05) is 20.8 Å². The van der Waals surface area contributed by atoms with E-state index in [9.17, 15) is 20.4 Å². The summed E-state index contributed by atoms with van der Waals surface area (Å²) in [7, 11) is 0. The van der Waals surface area contributed by atoms with E-state index in [0.717, 1.165) is 0 Å². The van der Waals surface area contributed by atoms with Crippen molar-refractivity contribution >= 4 is 0 Å². The minimum absolute atomic E-state index is 0.0101. The van der Waals surface area contributed by atoms with Crippen molar-refractivity contribution in [3.05, 3.63) is 0 Å². The maximum atomic E-state index is 9.84. The van der Waals surface area contributed by atoms with Gasteiger partial charge in [-0.25, -0.2) is 0 Å². The summed E-state index contributed by atoms with van der Waals surface area (Å²) in [5.41, 5.74) is -1.63. The topological polar surface area (TPSA) is 188 Å². The summed E-state index contributed by atoms with van der Waals surface area (Å²) in [5.74, 6) is 0. The third-order valence-electron chi connectivity index (χ3n) is 5.97. The monoisotopic (exact) mass is 530 g/mol. The fraction of sp³-hybridized carbons (Fsp3) is 1.00. The van der Waals surface area contributed by atoms with Crippen molar-refractivity contribution in [1.82, 2.24) is 0 Å². The largest absolute Gasteiger partial charge is 0.394 e. The van der Waals surface area contributed by atoms with Crippen molar-refractivity contribution in [2.75, 3.05) is 79.3 Å². The summed E-state index contributed by atoms with van der Waals surface area (Å²) >= 11 is 0. The van der Waals surface area contributed by atoms with Crippen molar-refractivity contribution in [2.24, 2.45) is 5.41 Å². The Hall–Kier alpha value is -0.480. The number of hydrogen-bond acceptors (Lipinski definition) is 12. The molecular formula is C24H50O12.